The van der Waals surface area contributed by atoms with Crippen LogP contribution in [0.25, 0.3) is 11.0 Å². The van der Waals surface area contributed by atoms with Gasteiger partial charge in [-0.15, -0.1) is 0 Å². The molecule has 1 saturated carbocycles. The number of halogens is 2. The Morgan fingerprint density at radius 1 is 1.39 bits per heavy atom. The summed E-state index contributed by atoms with van der Waals surface area (Å²) in [7, 11) is 1.49. The zero-order chi connectivity index (χ0) is 16.4. The van der Waals surface area contributed by atoms with Gasteiger partial charge in [0.15, 0.2) is 5.69 Å². The second-order valence-electron chi connectivity index (χ2n) is 5.68. The van der Waals surface area contributed by atoms with Gasteiger partial charge in [-0.05, 0) is 31.4 Å². The number of hydrogen-bond donors (Lipinski definition) is 1. The van der Waals surface area contributed by atoms with Crippen LogP contribution in [0.5, 0.6) is 5.75 Å². The minimum absolute atomic E-state index is 0.186. The molecular weight excluding hydrogens is 306 g/mol. The standard InChI is InChI=1S/C16H18F2N2O3/c1-22-11-5-6-12-13(9-11)20-15(21)14(19-12)16(17,18)7-2-8-23-10-3-4-10/h5-6,9-10H,2-4,7-8H2,1H3,(H,20,21). The predicted molar refractivity (Wildman–Crippen MR) is 81.0 cm³/mol. The molecule has 0 amide bonds. The van der Waals surface area contributed by atoms with E-state index in [1.165, 1.54) is 7.11 Å². The summed E-state index contributed by atoms with van der Waals surface area (Å²) in [6, 6.07) is 4.70. The molecule has 0 atom stereocenters. The Bertz CT molecular complexity index is 757. The Labute approximate surface area is 131 Å². The number of fused-ring (bicyclic) bond motifs is 1. The average molecular weight is 324 g/mol. The number of hydrogen-bond acceptors (Lipinski definition) is 4. The highest BCUT2D eigenvalue weighted by Crippen LogP contribution is 2.31. The molecule has 7 heteroatoms. The summed E-state index contributed by atoms with van der Waals surface area (Å²) in [6.07, 6.45) is 1.97. The summed E-state index contributed by atoms with van der Waals surface area (Å²) in [6.45, 7) is 0.281. The highest BCUT2D eigenvalue weighted by atomic mass is 19.3. The average Bonchev–Trinajstić information content (AvgIpc) is 3.34. The minimum Gasteiger partial charge on any atom is -0.497 e. The number of nitrogens with zero attached hydrogens (tertiary/aromatic N) is 1. The van der Waals surface area contributed by atoms with Gasteiger partial charge < -0.3 is 14.5 Å². The highest BCUT2D eigenvalue weighted by molar-refractivity contribution is 5.75. The molecule has 1 aliphatic carbocycles. The van der Waals surface area contributed by atoms with Gasteiger partial charge in [0.25, 0.3) is 11.5 Å². The maximum Gasteiger partial charge on any atom is 0.295 e. The van der Waals surface area contributed by atoms with E-state index in [4.69, 9.17) is 9.47 Å². The molecule has 1 aromatic carbocycles. The lowest BCUT2D eigenvalue weighted by Crippen LogP contribution is -2.27. The third-order valence-electron chi connectivity index (χ3n) is 3.76. The van der Waals surface area contributed by atoms with Gasteiger partial charge in [0.1, 0.15) is 5.75 Å². The molecule has 2 aromatic rings. The van der Waals surface area contributed by atoms with Crippen molar-refractivity contribution >= 4 is 11.0 Å². The fraction of sp³-hybridized carbons (Fsp3) is 0.500. The number of nitrogens with one attached hydrogen (secondary N) is 1. The molecule has 23 heavy (non-hydrogen) atoms. The molecule has 5 nitrogen and oxygen atoms in total. The van der Waals surface area contributed by atoms with Crippen molar-refractivity contribution in [1.29, 1.82) is 0 Å². The van der Waals surface area contributed by atoms with Crippen LogP contribution in [0.1, 0.15) is 31.4 Å². The molecule has 1 N–H and O–H groups in total. The highest BCUT2D eigenvalue weighted by Gasteiger charge is 2.36. The van der Waals surface area contributed by atoms with E-state index in [9.17, 15) is 13.6 Å². The number of H-pyrrole nitrogens is 1. The monoisotopic (exact) mass is 324 g/mol. The van der Waals surface area contributed by atoms with Crippen LogP contribution in [-0.4, -0.2) is 29.8 Å². The maximum absolute atomic E-state index is 14.3. The molecule has 0 aliphatic heterocycles. The Hall–Kier alpha value is -2.02. The first-order valence-electron chi connectivity index (χ1n) is 7.57. The van der Waals surface area contributed by atoms with Crippen molar-refractivity contribution in [3.8, 4) is 5.75 Å². The molecule has 124 valence electrons. The topological polar surface area (TPSA) is 64.2 Å². The van der Waals surface area contributed by atoms with Crippen molar-refractivity contribution in [2.24, 2.45) is 0 Å². The molecule has 0 saturated heterocycles. The predicted octanol–water partition coefficient (Wildman–Crippen LogP) is 2.98. The Balaban J connectivity index is 1.79. The van der Waals surface area contributed by atoms with Gasteiger partial charge in [0.2, 0.25) is 0 Å². The maximum atomic E-state index is 14.3. The molecule has 1 aromatic heterocycles. The number of methoxy groups -OCH3 is 1. The third kappa shape index (κ3) is 3.67. The minimum atomic E-state index is -3.28. The molecule has 1 heterocycles. The van der Waals surface area contributed by atoms with E-state index < -0.39 is 23.6 Å². The van der Waals surface area contributed by atoms with E-state index in [1.54, 1.807) is 18.2 Å². The van der Waals surface area contributed by atoms with E-state index in [0.717, 1.165) is 12.8 Å². The lowest BCUT2D eigenvalue weighted by atomic mass is 10.1. The largest absolute Gasteiger partial charge is 0.497 e. The first kappa shape index (κ1) is 15.9. The summed E-state index contributed by atoms with van der Waals surface area (Å²) in [5.74, 6) is -2.76. The van der Waals surface area contributed by atoms with Gasteiger partial charge in [-0.25, -0.2) is 4.98 Å². The summed E-state index contributed by atoms with van der Waals surface area (Å²) < 4.78 is 38.9. The normalized spacial score (nSPS) is 15.1. The molecule has 3 rings (SSSR count). The number of benzene rings is 1. The first-order valence-corrected chi connectivity index (χ1v) is 7.57. The smallest absolute Gasteiger partial charge is 0.295 e. The van der Waals surface area contributed by atoms with Gasteiger partial charge in [0, 0.05) is 19.1 Å². The van der Waals surface area contributed by atoms with Crippen LogP contribution in [0.4, 0.5) is 8.78 Å². The van der Waals surface area contributed by atoms with Gasteiger partial charge in [-0.1, -0.05) is 0 Å². The number of rotatable bonds is 7. The van der Waals surface area contributed by atoms with Crippen molar-refractivity contribution in [2.45, 2.75) is 37.7 Å². The number of ether oxygens (including phenoxy) is 2. The van der Waals surface area contributed by atoms with Crippen LogP contribution in [-0.2, 0) is 10.7 Å². The van der Waals surface area contributed by atoms with Crippen LogP contribution < -0.4 is 10.3 Å². The van der Waals surface area contributed by atoms with Crippen LogP contribution in [0.2, 0.25) is 0 Å². The van der Waals surface area contributed by atoms with Crippen LogP contribution in [0.3, 0.4) is 0 Å². The number of aromatic amines is 1. The molecule has 0 spiro atoms. The van der Waals surface area contributed by atoms with E-state index in [0.29, 0.717) is 16.8 Å². The fourth-order valence-electron chi connectivity index (χ4n) is 2.34. The number of alkyl halides is 2. The van der Waals surface area contributed by atoms with Gasteiger partial charge in [-0.3, -0.25) is 4.79 Å². The van der Waals surface area contributed by atoms with Crippen molar-refractivity contribution in [3.05, 3.63) is 34.2 Å². The van der Waals surface area contributed by atoms with Crippen molar-refractivity contribution in [2.75, 3.05) is 13.7 Å². The van der Waals surface area contributed by atoms with Crippen molar-refractivity contribution in [3.63, 3.8) is 0 Å². The Morgan fingerprint density at radius 2 is 2.17 bits per heavy atom. The summed E-state index contributed by atoms with van der Waals surface area (Å²) in [4.78, 5) is 18.3. The summed E-state index contributed by atoms with van der Waals surface area (Å²) >= 11 is 0. The molecular formula is C16H18F2N2O3. The van der Waals surface area contributed by atoms with Gasteiger partial charge >= 0.3 is 0 Å². The quantitative estimate of drug-likeness (QED) is 0.795. The first-order chi connectivity index (χ1) is 11.0. The van der Waals surface area contributed by atoms with Crippen LogP contribution >= 0.6 is 0 Å². The molecule has 0 unspecified atom stereocenters. The van der Waals surface area contributed by atoms with Crippen molar-refractivity contribution < 1.29 is 18.3 Å². The van der Waals surface area contributed by atoms with Gasteiger partial charge in [0.05, 0.1) is 24.2 Å². The second kappa shape index (κ2) is 6.23. The second-order valence-corrected chi connectivity index (χ2v) is 5.68. The zero-order valence-electron chi connectivity index (χ0n) is 12.8. The number of aromatic nitrogens is 2. The van der Waals surface area contributed by atoms with E-state index in [-0.39, 0.29) is 19.1 Å². The third-order valence-corrected chi connectivity index (χ3v) is 3.76. The molecule has 1 aliphatic rings. The molecule has 0 radical (unpaired) electrons. The van der Waals surface area contributed by atoms with Gasteiger partial charge in [-0.2, -0.15) is 8.78 Å². The zero-order valence-corrected chi connectivity index (χ0v) is 12.8. The van der Waals surface area contributed by atoms with E-state index >= 15 is 0 Å². The summed E-state index contributed by atoms with van der Waals surface area (Å²) in [5.41, 5.74) is -0.958. The van der Waals surface area contributed by atoms with Crippen molar-refractivity contribution in [1.82, 2.24) is 9.97 Å². The lowest BCUT2D eigenvalue weighted by molar-refractivity contribution is -0.0285. The Morgan fingerprint density at radius 3 is 2.87 bits per heavy atom. The SMILES string of the molecule is COc1ccc2nc(C(F)(F)CCCOC3CC3)c(=O)[nH]c2c1. The fourth-order valence-corrected chi connectivity index (χ4v) is 2.34. The molecule has 0 bridgehead atoms. The lowest BCUT2D eigenvalue weighted by Gasteiger charge is -2.15. The van der Waals surface area contributed by atoms with Crippen LogP contribution in [0, 0.1) is 0 Å². The summed E-state index contributed by atoms with van der Waals surface area (Å²) in [5, 5.41) is 0. The Kier molecular flexibility index (Phi) is 4.30. The molecule has 1 fully saturated rings. The van der Waals surface area contributed by atoms with Crippen LogP contribution in [0.15, 0.2) is 23.0 Å². The van der Waals surface area contributed by atoms with E-state index in [2.05, 4.69) is 9.97 Å². The van der Waals surface area contributed by atoms with E-state index in [1.807, 2.05) is 0 Å².